The molecule has 5 heteroatoms. The number of nitrogens with one attached hydrogen (secondary N) is 1. The van der Waals surface area contributed by atoms with Crippen molar-refractivity contribution in [2.45, 2.75) is 46.6 Å². The van der Waals surface area contributed by atoms with Crippen LogP contribution in [0.1, 0.15) is 39.2 Å². The molecule has 0 saturated carbocycles. The molecule has 0 bridgehead atoms. The molecule has 112 valence electrons. The Hall–Kier alpha value is -0.390. The zero-order valence-electron chi connectivity index (χ0n) is 12.4. The van der Waals surface area contributed by atoms with Crippen LogP contribution in [0.25, 0.3) is 0 Å². The molecule has 0 aliphatic rings. The second-order valence-corrected chi connectivity index (χ2v) is 8.09. The van der Waals surface area contributed by atoms with E-state index < -0.39 is 0 Å². The Balaban J connectivity index is 2.68. The van der Waals surface area contributed by atoms with Gasteiger partial charge in [-0.3, -0.25) is 4.79 Å². The molecule has 1 rings (SSSR count). The van der Waals surface area contributed by atoms with Gasteiger partial charge in [-0.15, -0.1) is 0 Å². The normalized spacial score (nSPS) is 13.2. The minimum absolute atomic E-state index is 0.0630. The first-order chi connectivity index (χ1) is 9.08. The highest BCUT2D eigenvalue weighted by molar-refractivity contribution is 9.11. The molecule has 1 amide bonds. The zero-order chi connectivity index (χ0) is 15.5. The van der Waals surface area contributed by atoms with Gasteiger partial charge >= 0.3 is 0 Å². The van der Waals surface area contributed by atoms with Crippen LogP contribution in [0.3, 0.4) is 0 Å². The largest absolute Gasteiger partial charge is 0.327 e. The molecule has 20 heavy (non-hydrogen) atoms. The van der Waals surface area contributed by atoms with E-state index in [0.717, 1.165) is 26.6 Å². The van der Waals surface area contributed by atoms with Crippen LogP contribution in [0.15, 0.2) is 21.1 Å². The van der Waals surface area contributed by atoms with Crippen LogP contribution in [0.2, 0.25) is 0 Å². The Morgan fingerprint density at radius 3 is 2.25 bits per heavy atom. The monoisotopic (exact) mass is 404 g/mol. The summed E-state index contributed by atoms with van der Waals surface area (Å²) in [6, 6.07) is 3.81. The van der Waals surface area contributed by atoms with Crippen LogP contribution in [-0.2, 0) is 4.79 Å². The molecule has 3 nitrogen and oxygen atoms in total. The van der Waals surface area contributed by atoms with Crippen LogP contribution in [-0.4, -0.2) is 11.9 Å². The van der Waals surface area contributed by atoms with E-state index in [4.69, 9.17) is 5.73 Å². The van der Waals surface area contributed by atoms with Crippen molar-refractivity contribution in [3.8, 4) is 0 Å². The topological polar surface area (TPSA) is 55.1 Å². The molecule has 0 saturated heterocycles. The zero-order valence-corrected chi connectivity index (χ0v) is 15.6. The second kappa shape index (κ2) is 7.05. The van der Waals surface area contributed by atoms with Gasteiger partial charge < -0.3 is 11.1 Å². The highest BCUT2D eigenvalue weighted by Crippen LogP contribution is 2.32. The predicted octanol–water partition coefficient (Wildman–Crippen LogP) is 4.61. The van der Waals surface area contributed by atoms with Gasteiger partial charge in [-0.25, -0.2) is 0 Å². The summed E-state index contributed by atoms with van der Waals surface area (Å²) in [5.41, 5.74) is 8.03. The first-order valence-electron chi connectivity index (χ1n) is 6.59. The summed E-state index contributed by atoms with van der Waals surface area (Å²) in [5.74, 6) is -0.0630. The van der Waals surface area contributed by atoms with Crippen molar-refractivity contribution in [1.29, 1.82) is 0 Å². The number of amides is 1. The maximum absolute atomic E-state index is 12.1. The Labute approximate surface area is 138 Å². The molecular weight excluding hydrogens is 384 g/mol. The number of hydrogen-bond acceptors (Lipinski definition) is 2. The number of carbonyl (C=O) groups excluding carboxylic acids is 1. The molecule has 0 spiro atoms. The molecular formula is C15H22Br2N2O. The number of hydrogen-bond donors (Lipinski definition) is 2. The Kier molecular flexibility index (Phi) is 6.23. The van der Waals surface area contributed by atoms with E-state index in [1.54, 1.807) is 0 Å². The van der Waals surface area contributed by atoms with Gasteiger partial charge in [0, 0.05) is 21.4 Å². The highest BCUT2D eigenvalue weighted by atomic mass is 79.9. The van der Waals surface area contributed by atoms with Gasteiger partial charge in [0.15, 0.2) is 0 Å². The van der Waals surface area contributed by atoms with E-state index in [2.05, 4.69) is 57.9 Å². The number of benzene rings is 1. The van der Waals surface area contributed by atoms with Gasteiger partial charge in [0.1, 0.15) is 0 Å². The van der Waals surface area contributed by atoms with Crippen molar-refractivity contribution in [3.05, 3.63) is 26.6 Å². The number of anilines is 1. The summed E-state index contributed by atoms with van der Waals surface area (Å²) in [6.45, 7) is 8.37. The van der Waals surface area contributed by atoms with Gasteiger partial charge in [-0.1, -0.05) is 20.8 Å². The lowest BCUT2D eigenvalue weighted by molar-refractivity contribution is -0.116. The smallest absolute Gasteiger partial charge is 0.225 e. The summed E-state index contributed by atoms with van der Waals surface area (Å²) in [4.78, 5) is 12.1. The third-order valence-corrected chi connectivity index (χ3v) is 4.02. The number of aryl methyl sites for hydroxylation is 1. The molecule has 0 aliphatic heterocycles. The van der Waals surface area contributed by atoms with Crippen molar-refractivity contribution in [1.82, 2.24) is 0 Å². The van der Waals surface area contributed by atoms with E-state index >= 15 is 0 Å². The fraction of sp³-hybridized carbons (Fsp3) is 0.533. The van der Waals surface area contributed by atoms with Crippen LogP contribution in [0, 0.1) is 12.3 Å². The van der Waals surface area contributed by atoms with E-state index in [1.807, 2.05) is 19.1 Å². The van der Waals surface area contributed by atoms with Crippen molar-refractivity contribution in [3.63, 3.8) is 0 Å². The van der Waals surface area contributed by atoms with Crippen LogP contribution < -0.4 is 11.1 Å². The Bertz CT molecular complexity index is 472. The minimum atomic E-state index is -0.127. The molecule has 0 heterocycles. The summed E-state index contributed by atoms with van der Waals surface area (Å²) >= 11 is 6.93. The fourth-order valence-corrected chi connectivity index (χ4v) is 3.72. The minimum Gasteiger partial charge on any atom is -0.327 e. The molecule has 3 N–H and O–H groups in total. The summed E-state index contributed by atoms with van der Waals surface area (Å²) in [5, 5.41) is 2.91. The van der Waals surface area contributed by atoms with Gasteiger partial charge in [0.25, 0.3) is 0 Å². The Morgan fingerprint density at radius 2 is 1.80 bits per heavy atom. The van der Waals surface area contributed by atoms with E-state index in [1.165, 1.54) is 0 Å². The molecule has 1 unspecified atom stereocenters. The number of rotatable bonds is 4. The van der Waals surface area contributed by atoms with Crippen molar-refractivity contribution >= 4 is 43.5 Å². The molecule has 0 radical (unpaired) electrons. The lowest BCUT2D eigenvalue weighted by atomic mass is 9.87. The third kappa shape index (κ3) is 5.94. The van der Waals surface area contributed by atoms with Crippen LogP contribution in [0.4, 0.5) is 5.69 Å². The van der Waals surface area contributed by atoms with Gasteiger partial charge in [-0.2, -0.15) is 0 Å². The fourth-order valence-electron chi connectivity index (χ4n) is 2.11. The average Bonchev–Trinajstić information content (AvgIpc) is 2.20. The molecule has 1 aromatic carbocycles. The van der Waals surface area contributed by atoms with E-state index in [0.29, 0.717) is 6.42 Å². The molecule has 1 atom stereocenters. The highest BCUT2D eigenvalue weighted by Gasteiger charge is 2.19. The summed E-state index contributed by atoms with van der Waals surface area (Å²) < 4.78 is 1.73. The first-order valence-corrected chi connectivity index (χ1v) is 8.18. The van der Waals surface area contributed by atoms with Crippen molar-refractivity contribution in [2.75, 3.05) is 5.32 Å². The maximum atomic E-state index is 12.1. The second-order valence-electron chi connectivity index (χ2n) is 6.38. The van der Waals surface area contributed by atoms with Crippen LogP contribution >= 0.6 is 31.9 Å². The standard InChI is InChI=1S/C15H22Br2N2O/c1-9-5-11(16)14(12(17)6-9)19-13(20)7-10(18)8-15(2,3)4/h5-6,10H,7-8,18H2,1-4H3,(H,19,20). The number of carbonyl (C=O) groups is 1. The number of halogens is 2. The summed E-state index contributed by atoms with van der Waals surface area (Å²) in [6.07, 6.45) is 1.14. The van der Waals surface area contributed by atoms with Crippen LogP contribution in [0.5, 0.6) is 0 Å². The predicted molar refractivity (Wildman–Crippen MR) is 91.9 cm³/mol. The quantitative estimate of drug-likeness (QED) is 0.768. The van der Waals surface area contributed by atoms with E-state index in [-0.39, 0.29) is 17.4 Å². The molecule has 0 aromatic heterocycles. The maximum Gasteiger partial charge on any atom is 0.225 e. The van der Waals surface area contributed by atoms with Gasteiger partial charge in [0.2, 0.25) is 5.91 Å². The van der Waals surface area contributed by atoms with E-state index in [9.17, 15) is 4.79 Å². The SMILES string of the molecule is Cc1cc(Br)c(NC(=O)CC(N)CC(C)(C)C)c(Br)c1. The molecule has 1 aromatic rings. The van der Waals surface area contributed by atoms with Crippen molar-refractivity contribution < 1.29 is 4.79 Å². The average molecular weight is 406 g/mol. The first kappa shape index (κ1) is 17.7. The lowest BCUT2D eigenvalue weighted by Gasteiger charge is -2.23. The van der Waals surface area contributed by atoms with Crippen molar-refractivity contribution in [2.24, 2.45) is 11.1 Å². The van der Waals surface area contributed by atoms with Gasteiger partial charge in [-0.05, 0) is 68.3 Å². The number of nitrogens with two attached hydrogens (primary N) is 1. The third-order valence-electron chi connectivity index (χ3n) is 2.77. The molecule has 0 fully saturated rings. The van der Waals surface area contributed by atoms with Gasteiger partial charge in [0.05, 0.1) is 5.69 Å². The lowest BCUT2D eigenvalue weighted by Crippen LogP contribution is -2.31. The molecule has 0 aliphatic carbocycles. The Morgan fingerprint density at radius 1 is 1.30 bits per heavy atom. The summed E-state index contributed by atoms with van der Waals surface area (Å²) in [7, 11) is 0.